The van der Waals surface area contributed by atoms with Gasteiger partial charge in [0.1, 0.15) is 19.8 Å². The summed E-state index contributed by atoms with van der Waals surface area (Å²) in [7, 11) is 1.47. The summed E-state index contributed by atoms with van der Waals surface area (Å²) in [5.41, 5.74) is 0. The zero-order valence-corrected chi connectivity index (χ0v) is 23.0. The molecule has 0 spiro atoms. The van der Waals surface area contributed by atoms with Crippen molar-refractivity contribution in [3.63, 3.8) is 0 Å². The van der Waals surface area contributed by atoms with E-state index in [1.54, 1.807) is 0 Å². The molecule has 0 saturated heterocycles. The highest BCUT2D eigenvalue weighted by atomic mass is 31.2. The lowest BCUT2D eigenvalue weighted by molar-refractivity contribution is -0.870. The molecule has 0 aromatic heterocycles. The van der Waals surface area contributed by atoms with E-state index < -0.39 is 32.5 Å². The summed E-state index contributed by atoms with van der Waals surface area (Å²) in [6.07, 6.45) is 12.2. The van der Waals surface area contributed by atoms with Gasteiger partial charge in [-0.1, -0.05) is 71.1 Å². The maximum Gasteiger partial charge on any atom is 0.472 e. The van der Waals surface area contributed by atoms with Crippen LogP contribution in [0.4, 0.5) is 0 Å². The molecular formula is C24H49NO8P+. The van der Waals surface area contributed by atoms with E-state index in [4.69, 9.17) is 18.5 Å². The fraction of sp³-hybridized carbons (Fsp3) is 0.917. The number of hydrogen-bond acceptors (Lipinski definition) is 7. The standard InChI is InChI=1S/C24H48NO8P/c1-6-7-8-9-10-11-12-13-14-15-16-17-24(27)33-23(20-30-22(2)26)21-32-34(28,29)31-19-18-25(3,4)5/h23H,6-21H2,1-5H3/p+1. The fourth-order valence-electron chi connectivity index (χ4n) is 3.15. The molecule has 0 radical (unpaired) electrons. The van der Waals surface area contributed by atoms with Crippen molar-refractivity contribution < 1.29 is 42.1 Å². The normalized spacial score (nSPS) is 14.4. The Morgan fingerprint density at radius 1 is 0.853 bits per heavy atom. The highest BCUT2D eigenvalue weighted by Crippen LogP contribution is 2.43. The maximum atomic E-state index is 12.2. The Kier molecular flexibility index (Phi) is 18.7. The van der Waals surface area contributed by atoms with Gasteiger partial charge in [0.2, 0.25) is 0 Å². The third-order valence-electron chi connectivity index (χ3n) is 5.20. The van der Waals surface area contributed by atoms with E-state index in [0.717, 1.165) is 12.8 Å². The second-order valence-electron chi connectivity index (χ2n) is 9.81. The zero-order valence-electron chi connectivity index (χ0n) is 22.1. The number of phosphoric ester groups is 1. The third kappa shape index (κ3) is 22.8. The Morgan fingerprint density at radius 2 is 1.38 bits per heavy atom. The number of quaternary nitrogens is 1. The first-order valence-corrected chi connectivity index (χ1v) is 14.2. The number of esters is 2. The SMILES string of the molecule is CCCCCCCCCCCCCC(=O)OC(COC(C)=O)COP(=O)(O)OCC[N+](C)(C)C. The van der Waals surface area contributed by atoms with Crippen molar-refractivity contribution in [3.8, 4) is 0 Å². The number of hydrogen-bond donors (Lipinski definition) is 1. The predicted octanol–water partition coefficient (Wildman–Crippen LogP) is 5.00. The first kappa shape index (κ1) is 33.0. The molecule has 0 aromatic carbocycles. The van der Waals surface area contributed by atoms with Gasteiger partial charge in [0.15, 0.2) is 6.10 Å². The molecule has 0 rings (SSSR count). The molecule has 10 heteroatoms. The predicted molar refractivity (Wildman–Crippen MR) is 132 cm³/mol. The van der Waals surface area contributed by atoms with Crippen LogP contribution in [0.25, 0.3) is 0 Å². The molecule has 2 atom stereocenters. The van der Waals surface area contributed by atoms with E-state index >= 15 is 0 Å². The lowest BCUT2D eigenvalue weighted by atomic mass is 10.1. The highest BCUT2D eigenvalue weighted by Gasteiger charge is 2.26. The van der Waals surface area contributed by atoms with E-state index in [9.17, 15) is 19.0 Å². The molecule has 9 nitrogen and oxygen atoms in total. The number of phosphoric acid groups is 1. The first-order chi connectivity index (χ1) is 15.9. The Bertz CT molecular complexity index is 594. The molecule has 0 aliphatic rings. The van der Waals surface area contributed by atoms with Crippen LogP contribution in [0.1, 0.15) is 90.9 Å². The van der Waals surface area contributed by atoms with Gasteiger partial charge in [-0.2, -0.15) is 0 Å². The maximum absolute atomic E-state index is 12.2. The Morgan fingerprint density at radius 3 is 1.88 bits per heavy atom. The summed E-state index contributed by atoms with van der Waals surface area (Å²) in [5, 5.41) is 0. The monoisotopic (exact) mass is 510 g/mol. The fourth-order valence-corrected chi connectivity index (χ4v) is 3.89. The van der Waals surface area contributed by atoms with Crippen molar-refractivity contribution in [1.29, 1.82) is 0 Å². The molecule has 2 unspecified atom stereocenters. The zero-order chi connectivity index (χ0) is 25.9. The van der Waals surface area contributed by atoms with Crippen LogP contribution in [0.3, 0.4) is 0 Å². The van der Waals surface area contributed by atoms with Gasteiger partial charge in [0.25, 0.3) is 0 Å². The molecule has 1 N–H and O–H groups in total. The third-order valence-corrected chi connectivity index (χ3v) is 6.18. The van der Waals surface area contributed by atoms with E-state index in [-0.39, 0.29) is 19.6 Å². The molecular weight excluding hydrogens is 461 g/mol. The first-order valence-electron chi connectivity index (χ1n) is 12.7. The van der Waals surface area contributed by atoms with Gasteiger partial charge >= 0.3 is 19.8 Å². The molecule has 0 aliphatic carbocycles. The van der Waals surface area contributed by atoms with E-state index in [0.29, 0.717) is 17.4 Å². The number of rotatable bonds is 22. The Labute approximate surface area is 206 Å². The topological polar surface area (TPSA) is 108 Å². The van der Waals surface area contributed by atoms with Crippen LogP contribution in [0, 0.1) is 0 Å². The van der Waals surface area contributed by atoms with Crippen molar-refractivity contribution in [2.75, 3.05) is 47.5 Å². The van der Waals surface area contributed by atoms with Crippen molar-refractivity contribution in [2.45, 2.75) is 97.0 Å². The van der Waals surface area contributed by atoms with Crippen LogP contribution in [0.2, 0.25) is 0 Å². The second-order valence-corrected chi connectivity index (χ2v) is 11.3. The second kappa shape index (κ2) is 19.2. The molecule has 0 bridgehead atoms. The molecule has 0 fully saturated rings. The molecule has 0 aromatic rings. The molecule has 34 heavy (non-hydrogen) atoms. The minimum absolute atomic E-state index is 0.0323. The largest absolute Gasteiger partial charge is 0.472 e. The lowest BCUT2D eigenvalue weighted by Gasteiger charge is -2.24. The molecule has 0 aliphatic heterocycles. The van der Waals surface area contributed by atoms with Crippen LogP contribution in [-0.4, -0.2) is 74.9 Å². The van der Waals surface area contributed by atoms with E-state index in [1.165, 1.54) is 58.3 Å². The average molecular weight is 511 g/mol. The van der Waals surface area contributed by atoms with Gasteiger partial charge in [-0.3, -0.25) is 18.6 Å². The number of unbranched alkanes of at least 4 members (excludes halogenated alkanes) is 10. The van der Waals surface area contributed by atoms with Gasteiger partial charge in [0.05, 0.1) is 27.7 Å². The van der Waals surface area contributed by atoms with E-state index in [1.807, 2.05) is 21.1 Å². The summed E-state index contributed by atoms with van der Waals surface area (Å²) in [5.74, 6) is -0.992. The number of ether oxygens (including phenoxy) is 2. The molecule has 0 amide bonds. The smallest absolute Gasteiger partial charge is 0.462 e. The Balaban J connectivity index is 4.17. The molecule has 202 valence electrons. The van der Waals surface area contributed by atoms with Crippen LogP contribution < -0.4 is 0 Å². The Hall–Kier alpha value is -0.990. The van der Waals surface area contributed by atoms with Crippen LogP contribution in [-0.2, 0) is 32.7 Å². The van der Waals surface area contributed by atoms with Crippen molar-refractivity contribution in [2.24, 2.45) is 0 Å². The van der Waals surface area contributed by atoms with E-state index in [2.05, 4.69) is 6.92 Å². The summed E-state index contributed by atoms with van der Waals surface area (Å²) >= 11 is 0. The molecule has 0 saturated carbocycles. The van der Waals surface area contributed by atoms with Gasteiger partial charge in [-0.05, 0) is 6.42 Å². The van der Waals surface area contributed by atoms with Gasteiger partial charge in [-0.25, -0.2) is 4.57 Å². The minimum Gasteiger partial charge on any atom is -0.462 e. The van der Waals surface area contributed by atoms with Gasteiger partial charge < -0.3 is 18.9 Å². The average Bonchev–Trinajstić information content (AvgIpc) is 2.72. The van der Waals surface area contributed by atoms with Crippen molar-refractivity contribution in [1.82, 2.24) is 0 Å². The number of nitrogens with zero attached hydrogens (tertiary/aromatic N) is 1. The quantitative estimate of drug-likeness (QED) is 0.0938. The van der Waals surface area contributed by atoms with Crippen LogP contribution in [0.15, 0.2) is 0 Å². The van der Waals surface area contributed by atoms with Gasteiger partial charge in [0, 0.05) is 13.3 Å². The summed E-state index contributed by atoms with van der Waals surface area (Å²) in [6.45, 7) is 3.34. The van der Waals surface area contributed by atoms with Crippen LogP contribution >= 0.6 is 7.82 Å². The number of carbonyl (C=O) groups is 2. The molecule has 0 heterocycles. The van der Waals surface area contributed by atoms with Crippen molar-refractivity contribution in [3.05, 3.63) is 0 Å². The van der Waals surface area contributed by atoms with Crippen LogP contribution in [0.5, 0.6) is 0 Å². The summed E-state index contributed by atoms with van der Waals surface area (Å²) in [4.78, 5) is 33.1. The number of carbonyl (C=O) groups excluding carboxylic acids is 2. The van der Waals surface area contributed by atoms with Gasteiger partial charge in [-0.15, -0.1) is 0 Å². The lowest BCUT2D eigenvalue weighted by Crippen LogP contribution is -2.37. The minimum atomic E-state index is -4.31. The van der Waals surface area contributed by atoms with Crippen molar-refractivity contribution >= 4 is 19.8 Å². The summed E-state index contributed by atoms with van der Waals surface area (Å²) < 4.78 is 32.8. The highest BCUT2D eigenvalue weighted by molar-refractivity contribution is 7.47. The number of likely N-dealkylation sites (N-methyl/N-ethyl adjacent to an activating group) is 1. The summed E-state index contributed by atoms with van der Waals surface area (Å²) in [6, 6.07) is 0.